The predicted molar refractivity (Wildman–Crippen MR) is 51.2 cm³/mol. The molecule has 1 aliphatic heterocycles. The highest BCUT2D eigenvalue weighted by molar-refractivity contribution is 5.22. The molecule has 0 spiro atoms. The Labute approximate surface area is 89.9 Å². The van der Waals surface area contributed by atoms with E-state index in [2.05, 4.69) is 4.98 Å². The van der Waals surface area contributed by atoms with Crippen LogP contribution in [0.3, 0.4) is 0 Å². The highest BCUT2D eigenvalue weighted by Gasteiger charge is 2.38. The summed E-state index contributed by atoms with van der Waals surface area (Å²) in [5.41, 5.74) is -1.90. The van der Waals surface area contributed by atoms with Crippen LogP contribution in [0.5, 0.6) is 0 Å². The molecule has 1 aliphatic rings. The Kier molecular flexibility index (Phi) is 2.52. The van der Waals surface area contributed by atoms with Crippen molar-refractivity contribution in [2.45, 2.75) is 38.9 Å². The van der Waals surface area contributed by atoms with E-state index in [0.29, 0.717) is 12.8 Å². The van der Waals surface area contributed by atoms with E-state index in [9.17, 15) is 18.0 Å². The van der Waals surface area contributed by atoms with Crippen molar-refractivity contribution in [1.29, 1.82) is 0 Å². The van der Waals surface area contributed by atoms with Crippen LogP contribution in [0.4, 0.5) is 13.2 Å². The fourth-order valence-electron chi connectivity index (χ4n) is 2.04. The van der Waals surface area contributed by atoms with Crippen LogP contribution in [0.2, 0.25) is 0 Å². The van der Waals surface area contributed by atoms with Gasteiger partial charge < -0.3 is 4.57 Å². The van der Waals surface area contributed by atoms with E-state index in [-0.39, 0.29) is 17.9 Å². The fourth-order valence-corrected chi connectivity index (χ4v) is 2.04. The molecular formula is C10H11F3N2O. The number of alkyl halides is 3. The minimum absolute atomic E-state index is 0.258. The molecule has 6 heteroatoms. The number of fused-ring (bicyclic) bond motifs is 1. The Hall–Kier alpha value is -1.33. The summed E-state index contributed by atoms with van der Waals surface area (Å²) in [7, 11) is 0. The molecule has 0 atom stereocenters. The van der Waals surface area contributed by atoms with Gasteiger partial charge in [-0.3, -0.25) is 4.79 Å². The van der Waals surface area contributed by atoms with Crippen molar-refractivity contribution in [1.82, 2.24) is 9.55 Å². The van der Waals surface area contributed by atoms with Crippen LogP contribution in [0, 0.1) is 6.92 Å². The maximum atomic E-state index is 12.8. The second-order valence-corrected chi connectivity index (χ2v) is 3.91. The van der Waals surface area contributed by atoms with Gasteiger partial charge in [-0.05, 0) is 19.8 Å². The summed E-state index contributed by atoms with van der Waals surface area (Å²) in [5, 5.41) is 0. The molecule has 88 valence electrons. The summed E-state index contributed by atoms with van der Waals surface area (Å²) >= 11 is 0. The average molecular weight is 232 g/mol. The Morgan fingerprint density at radius 1 is 1.31 bits per heavy atom. The normalized spacial score (nSPS) is 16.0. The van der Waals surface area contributed by atoms with Gasteiger partial charge in [-0.15, -0.1) is 0 Å². The summed E-state index contributed by atoms with van der Waals surface area (Å²) in [6, 6.07) is 0. The van der Waals surface area contributed by atoms with Gasteiger partial charge in [0.2, 0.25) is 0 Å². The van der Waals surface area contributed by atoms with Gasteiger partial charge in [0.15, 0.2) is 0 Å². The second kappa shape index (κ2) is 3.61. The zero-order valence-electron chi connectivity index (χ0n) is 8.76. The highest BCUT2D eigenvalue weighted by atomic mass is 19.4. The van der Waals surface area contributed by atoms with Crippen molar-refractivity contribution in [2.24, 2.45) is 0 Å². The monoisotopic (exact) mass is 232 g/mol. The topological polar surface area (TPSA) is 34.9 Å². The second-order valence-electron chi connectivity index (χ2n) is 3.91. The molecular weight excluding hydrogens is 221 g/mol. The molecule has 1 aromatic heterocycles. The molecule has 0 saturated carbocycles. The predicted octanol–water partition coefficient (Wildman–Crippen LogP) is 1.91. The third-order valence-corrected chi connectivity index (χ3v) is 2.79. The van der Waals surface area contributed by atoms with E-state index in [1.165, 1.54) is 6.92 Å². The minimum Gasteiger partial charge on any atom is -0.325 e. The van der Waals surface area contributed by atoms with Crippen LogP contribution in [0.25, 0.3) is 0 Å². The highest BCUT2D eigenvalue weighted by Crippen LogP contribution is 2.32. The molecule has 0 unspecified atom stereocenters. The lowest BCUT2D eigenvalue weighted by atomic mass is 10.1. The number of rotatable bonds is 0. The van der Waals surface area contributed by atoms with Crippen LogP contribution in [-0.2, 0) is 19.1 Å². The largest absolute Gasteiger partial charge is 0.431 e. The molecule has 1 aromatic rings. The number of hydrogen-bond acceptors (Lipinski definition) is 2. The SMILES string of the molecule is Cc1c(C(F)(F)F)n2c(nc1=O)CCCC2. The zero-order valence-corrected chi connectivity index (χ0v) is 8.76. The average Bonchev–Trinajstić information content (AvgIpc) is 2.17. The van der Waals surface area contributed by atoms with Crippen molar-refractivity contribution in [2.75, 3.05) is 0 Å². The Balaban J connectivity index is 2.74. The van der Waals surface area contributed by atoms with Gasteiger partial charge in [0.1, 0.15) is 11.5 Å². The standard InChI is InChI=1S/C10H11F3N2O/c1-6-8(10(11,12)13)15-5-3-2-4-7(15)14-9(6)16/h2-5H2,1H3. The van der Waals surface area contributed by atoms with Gasteiger partial charge in [-0.2, -0.15) is 18.2 Å². The third kappa shape index (κ3) is 1.72. The first-order valence-electron chi connectivity index (χ1n) is 5.09. The Morgan fingerprint density at radius 3 is 2.62 bits per heavy atom. The summed E-state index contributed by atoms with van der Waals surface area (Å²) in [4.78, 5) is 15.0. The molecule has 16 heavy (non-hydrogen) atoms. The lowest BCUT2D eigenvalue weighted by Crippen LogP contribution is -2.31. The number of halogens is 3. The van der Waals surface area contributed by atoms with Gasteiger partial charge in [0, 0.05) is 18.5 Å². The quantitative estimate of drug-likeness (QED) is 0.684. The molecule has 0 bridgehead atoms. The van der Waals surface area contributed by atoms with E-state index in [4.69, 9.17) is 0 Å². The van der Waals surface area contributed by atoms with Crippen molar-refractivity contribution < 1.29 is 13.2 Å². The van der Waals surface area contributed by atoms with Crippen molar-refractivity contribution in [3.8, 4) is 0 Å². The Morgan fingerprint density at radius 2 is 2.00 bits per heavy atom. The maximum absolute atomic E-state index is 12.8. The molecule has 0 radical (unpaired) electrons. The van der Waals surface area contributed by atoms with Gasteiger partial charge in [0.05, 0.1) is 0 Å². The minimum atomic E-state index is -4.49. The summed E-state index contributed by atoms with van der Waals surface area (Å²) in [6.07, 6.45) is -2.57. The number of aromatic nitrogens is 2. The van der Waals surface area contributed by atoms with Crippen LogP contribution < -0.4 is 5.56 Å². The first-order valence-corrected chi connectivity index (χ1v) is 5.09. The fraction of sp³-hybridized carbons (Fsp3) is 0.600. The van der Waals surface area contributed by atoms with Crippen LogP contribution >= 0.6 is 0 Å². The van der Waals surface area contributed by atoms with E-state index >= 15 is 0 Å². The number of aryl methyl sites for hydroxylation is 1. The summed E-state index contributed by atoms with van der Waals surface area (Å²) < 4.78 is 39.6. The smallest absolute Gasteiger partial charge is 0.325 e. The van der Waals surface area contributed by atoms with E-state index in [0.717, 1.165) is 11.0 Å². The molecule has 0 N–H and O–H groups in total. The molecule has 2 rings (SSSR count). The summed E-state index contributed by atoms with van der Waals surface area (Å²) in [5.74, 6) is 0.258. The Bertz CT molecular complexity index is 476. The first kappa shape index (κ1) is 11.2. The van der Waals surface area contributed by atoms with Gasteiger partial charge in [-0.25, -0.2) is 0 Å². The molecule has 0 amide bonds. The van der Waals surface area contributed by atoms with E-state index in [1.54, 1.807) is 0 Å². The molecule has 0 aliphatic carbocycles. The van der Waals surface area contributed by atoms with Crippen LogP contribution in [0.15, 0.2) is 4.79 Å². The van der Waals surface area contributed by atoms with Crippen molar-refractivity contribution in [3.63, 3.8) is 0 Å². The maximum Gasteiger partial charge on any atom is 0.431 e. The molecule has 2 heterocycles. The van der Waals surface area contributed by atoms with Gasteiger partial charge >= 0.3 is 6.18 Å². The van der Waals surface area contributed by atoms with E-state index < -0.39 is 17.4 Å². The molecule has 0 aromatic carbocycles. The number of hydrogen-bond donors (Lipinski definition) is 0. The zero-order chi connectivity index (χ0) is 11.9. The van der Waals surface area contributed by atoms with Crippen molar-refractivity contribution in [3.05, 3.63) is 27.4 Å². The third-order valence-electron chi connectivity index (χ3n) is 2.79. The van der Waals surface area contributed by atoms with Crippen LogP contribution in [-0.4, -0.2) is 9.55 Å². The molecule has 3 nitrogen and oxygen atoms in total. The van der Waals surface area contributed by atoms with E-state index in [1.807, 2.05) is 0 Å². The number of nitrogens with zero attached hydrogens (tertiary/aromatic N) is 2. The molecule has 0 fully saturated rings. The van der Waals surface area contributed by atoms with Gasteiger partial charge in [0.25, 0.3) is 5.56 Å². The lowest BCUT2D eigenvalue weighted by molar-refractivity contribution is -0.145. The van der Waals surface area contributed by atoms with Gasteiger partial charge in [-0.1, -0.05) is 0 Å². The van der Waals surface area contributed by atoms with Crippen molar-refractivity contribution >= 4 is 0 Å². The van der Waals surface area contributed by atoms with Crippen LogP contribution in [0.1, 0.15) is 29.9 Å². The first-order chi connectivity index (χ1) is 7.41. The summed E-state index contributed by atoms with van der Waals surface area (Å²) in [6.45, 7) is 1.47. The lowest BCUT2D eigenvalue weighted by Gasteiger charge is -2.24. The molecule has 0 saturated heterocycles.